The zero-order chi connectivity index (χ0) is 16.2. The zero-order valence-corrected chi connectivity index (χ0v) is 13.1. The van der Waals surface area contributed by atoms with Crippen molar-refractivity contribution in [3.05, 3.63) is 65.3 Å². The normalized spacial score (nSPS) is 10.7. The van der Waals surface area contributed by atoms with Crippen LogP contribution in [0, 0.1) is 13.8 Å². The summed E-state index contributed by atoms with van der Waals surface area (Å²) in [6.45, 7) is 4.32. The standard InChI is InChI=1S/C17H18N4O2/c1-12-16(13(2)23-20-12)10-17(22)19-15-6-3-5-14(9-15)11-21-8-4-7-18-21/h3-9H,10-11H2,1-2H3,(H,19,22). The molecule has 0 atom stereocenters. The Balaban J connectivity index is 1.67. The maximum Gasteiger partial charge on any atom is 0.228 e. The second-order valence-corrected chi connectivity index (χ2v) is 5.43. The van der Waals surface area contributed by atoms with E-state index in [0.717, 1.165) is 22.5 Å². The first kappa shape index (κ1) is 15.0. The molecule has 3 aromatic rings. The summed E-state index contributed by atoms with van der Waals surface area (Å²) in [5, 5.41) is 11.0. The molecule has 118 valence electrons. The van der Waals surface area contributed by atoms with Crippen LogP contribution in [0.15, 0.2) is 47.2 Å². The number of nitrogens with zero attached hydrogens (tertiary/aromatic N) is 3. The minimum Gasteiger partial charge on any atom is -0.361 e. The highest BCUT2D eigenvalue weighted by molar-refractivity contribution is 5.92. The van der Waals surface area contributed by atoms with Crippen LogP contribution in [0.2, 0.25) is 0 Å². The van der Waals surface area contributed by atoms with Crippen LogP contribution in [-0.2, 0) is 17.8 Å². The number of hydrogen-bond donors (Lipinski definition) is 1. The molecule has 0 fully saturated rings. The van der Waals surface area contributed by atoms with Crippen LogP contribution in [0.5, 0.6) is 0 Å². The summed E-state index contributed by atoms with van der Waals surface area (Å²) in [6, 6.07) is 9.63. The molecule has 0 bridgehead atoms. The number of carbonyl (C=O) groups excluding carboxylic acids is 1. The Morgan fingerprint density at radius 3 is 2.87 bits per heavy atom. The van der Waals surface area contributed by atoms with Gasteiger partial charge in [-0.15, -0.1) is 0 Å². The van der Waals surface area contributed by atoms with Gasteiger partial charge in [-0.05, 0) is 37.6 Å². The first-order valence-electron chi connectivity index (χ1n) is 7.40. The largest absolute Gasteiger partial charge is 0.361 e. The third-order valence-electron chi connectivity index (χ3n) is 3.63. The fraction of sp³-hybridized carbons (Fsp3) is 0.235. The average Bonchev–Trinajstić information content (AvgIpc) is 3.13. The van der Waals surface area contributed by atoms with Crippen molar-refractivity contribution in [1.29, 1.82) is 0 Å². The van der Waals surface area contributed by atoms with Crippen molar-refractivity contribution in [1.82, 2.24) is 14.9 Å². The van der Waals surface area contributed by atoms with E-state index in [1.807, 2.05) is 55.1 Å². The number of anilines is 1. The maximum absolute atomic E-state index is 12.2. The molecule has 0 aliphatic rings. The van der Waals surface area contributed by atoms with Crippen LogP contribution >= 0.6 is 0 Å². The quantitative estimate of drug-likeness (QED) is 0.786. The van der Waals surface area contributed by atoms with Crippen molar-refractivity contribution in [3.8, 4) is 0 Å². The van der Waals surface area contributed by atoms with Gasteiger partial charge in [-0.3, -0.25) is 9.48 Å². The Morgan fingerprint density at radius 1 is 1.30 bits per heavy atom. The zero-order valence-electron chi connectivity index (χ0n) is 13.1. The van der Waals surface area contributed by atoms with Crippen LogP contribution < -0.4 is 5.32 Å². The van der Waals surface area contributed by atoms with E-state index in [1.54, 1.807) is 6.20 Å². The van der Waals surface area contributed by atoms with Crippen LogP contribution in [0.1, 0.15) is 22.6 Å². The minimum atomic E-state index is -0.0874. The second kappa shape index (κ2) is 6.48. The summed E-state index contributed by atoms with van der Waals surface area (Å²) < 4.78 is 6.92. The maximum atomic E-state index is 12.2. The molecule has 2 aromatic heterocycles. The molecule has 1 amide bonds. The van der Waals surface area contributed by atoms with E-state index in [2.05, 4.69) is 15.6 Å². The Labute approximate surface area is 134 Å². The molecule has 1 aromatic carbocycles. The molecule has 0 saturated carbocycles. The molecule has 0 unspecified atom stereocenters. The highest BCUT2D eigenvalue weighted by atomic mass is 16.5. The highest BCUT2D eigenvalue weighted by Crippen LogP contribution is 2.15. The number of amides is 1. The predicted octanol–water partition coefficient (Wildman–Crippen LogP) is 2.72. The molecule has 0 radical (unpaired) electrons. The number of hydrogen-bond acceptors (Lipinski definition) is 4. The van der Waals surface area contributed by atoms with Crippen LogP contribution in [-0.4, -0.2) is 20.8 Å². The topological polar surface area (TPSA) is 73.0 Å². The van der Waals surface area contributed by atoms with Gasteiger partial charge in [0.1, 0.15) is 5.76 Å². The average molecular weight is 310 g/mol. The molecular weight excluding hydrogens is 292 g/mol. The third kappa shape index (κ3) is 3.66. The van der Waals surface area contributed by atoms with Gasteiger partial charge >= 0.3 is 0 Å². The van der Waals surface area contributed by atoms with E-state index in [4.69, 9.17) is 4.52 Å². The summed E-state index contributed by atoms with van der Waals surface area (Å²) in [6.07, 6.45) is 3.91. The lowest BCUT2D eigenvalue weighted by atomic mass is 10.1. The summed E-state index contributed by atoms with van der Waals surface area (Å²) in [4.78, 5) is 12.2. The van der Waals surface area contributed by atoms with Gasteiger partial charge in [0.15, 0.2) is 0 Å². The van der Waals surface area contributed by atoms with Crippen molar-refractivity contribution < 1.29 is 9.32 Å². The summed E-state index contributed by atoms with van der Waals surface area (Å²) in [5.74, 6) is 0.598. The van der Waals surface area contributed by atoms with E-state index >= 15 is 0 Å². The van der Waals surface area contributed by atoms with Crippen molar-refractivity contribution in [2.75, 3.05) is 5.32 Å². The highest BCUT2D eigenvalue weighted by Gasteiger charge is 2.13. The predicted molar refractivity (Wildman–Crippen MR) is 86.1 cm³/mol. The van der Waals surface area contributed by atoms with E-state index < -0.39 is 0 Å². The van der Waals surface area contributed by atoms with Crippen molar-refractivity contribution in [3.63, 3.8) is 0 Å². The number of aromatic nitrogens is 3. The summed E-state index contributed by atoms with van der Waals surface area (Å²) >= 11 is 0. The minimum absolute atomic E-state index is 0.0874. The Morgan fingerprint density at radius 2 is 2.17 bits per heavy atom. The van der Waals surface area contributed by atoms with Gasteiger partial charge in [-0.25, -0.2) is 0 Å². The second-order valence-electron chi connectivity index (χ2n) is 5.43. The van der Waals surface area contributed by atoms with Gasteiger partial charge in [-0.1, -0.05) is 17.3 Å². The van der Waals surface area contributed by atoms with Crippen LogP contribution in [0.4, 0.5) is 5.69 Å². The Bertz CT molecular complexity index is 786. The van der Waals surface area contributed by atoms with Gasteiger partial charge in [0.05, 0.1) is 18.7 Å². The fourth-order valence-corrected chi connectivity index (χ4v) is 2.45. The van der Waals surface area contributed by atoms with E-state index in [0.29, 0.717) is 12.3 Å². The summed E-state index contributed by atoms with van der Waals surface area (Å²) in [7, 11) is 0. The van der Waals surface area contributed by atoms with Gasteiger partial charge < -0.3 is 9.84 Å². The van der Waals surface area contributed by atoms with Gasteiger partial charge in [0, 0.05) is 23.6 Å². The first-order chi connectivity index (χ1) is 11.1. The molecule has 3 rings (SSSR count). The lowest BCUT2D eigenvalue weighted by molar-refractivity contribution is -0.115. The molecule has 2 heterocycles. The molecule has 0 aliphatic heterocycles. The molecule has 1 N–H and O–H groups in total. The molecular formula is C17H18N4O2. The van der Waals surface area contributed by atoms with E-state index in [9.17, 15) is 4.79 Å². The first-order valence-corrected chi connectivity index (χ1v) is 7.40. The van der Waals surface area contributed by atoms with E-state index in [1.165, 1.54) is 0 Å². The van der Waals surface area contributed by atoms with Gasteiger partial charge in [0.2, 0.25) is 5.91 Å². The van der Waals surface area contributed by atoms with Crippen LogP contribution in [0.25, 0.3) is 0 Å². The number of rotatable bonds is 5. The summed E-state index contributed by atoms with van der Waals surface area (Å²) in [5.41, 5.74) is 3.44. The Hall–Kier alpha value is -2.89. The van der Waals surface area contributed by atoms with Gasteiger partial charge in [-0.2, -0.15) is 5.10 Å². The van der Waals surface area contributed by atoms with Crippen LogP contribution in [0.3, 0.4) is 0 Å². The van der Waals surface area contributed by atoms with Gasteiger partial charge in [0.25, 0.3) is 0 Å². The number of aryl methyl sites for hydroxylation is 2. The molecule has 6 nitrogen and oxygen atoms in total. The van der Waals surface area contributed by atoms with E-state index in [-0.39, 0.29) is 12.3 Å². The molecule has 0 saturated heterocycles. The molecule has 0 spiro atoms. The fourth-order valence-electron chi connectivity index (χ4n) is 2.45. The van der Waals surface area contributed by atoms with Crippen molar-refractivity contribution in [2.24, 2.45) is 0 Å². The van der Waals surface area contributed by atoms with Crippen molar-refractivity contribution in [2.45, 2.75) is 26.8 Å². The monoisotopic (exact) mass is 310 g/mol. The number of nitrogens with one attached hydrogen (secondary N) is 1. The molecule has 23 heavy (non-hydrogen) atoms. The Kier molecular flexibility index (Phi) is 4.23. The third-order valence-corrected chi connectivity index (χ3v) is 3.63. The lowest BCUT2D eigenvalue weighted by Crippen LogP contribution is -2.15. The lowest BCUT2D eigenvalue weighted by Gasteiger charge is -2.08. The SMILES string of the molecule is Cc1noc(C)c1CC(=O)Nc1cccc(Cn2cccn2)c1. The molecule has 0 aliphatic carbocycles. The number of carbonyl (C=O) groups is 1. The number of benzene rings is 1. The smallest absolute Gasteiger partial charge is 0.228 e. The molecule has 6 heteroatoms. The van der Waals surface area contributed by atoms with Crippen molar-refractivity contribution >= 4 is 11.6 Å².